The summed E-state index contributed by atoms with van der Waals surface area (Å²) < 4.78 is 5.04. The maximum atomic E-state index is 11.8. The van der Waals surface area contributed by atoms with Gasteiger partial charge in [-0.2, -0.15) is 0 Å². The molecule has 2 rings (SSSR count). The zero-order valence-electron chi connectivity index (χ0n) is 11.3. The molecule has 1 aliphatic rings. The summed E-state index contributed by atoms with van der Waals surface area (Å²) in [5, 5.41) is 0. The van der Waals surface area contributed by atoms with Crippen molar-refractivity contribution in [1.82, 2.24) is 9.97 Å². The molecule has 0 amide bonds. The number of carbonyl (C=O) groups is 1. The monoisotopic (exact) mass is 248 g/mol. The van der Waals surface area contributed by atoms with Crippen LogP contribution < -0.4 is 0 Å². The Kier molecular flexibility index (Phi) is 3.64. The molecule has 0 bridgehead atoms. The molecule has 18 heavy (non-hydrogen) atoms. The molecule has 0 aromatic carbocycles. The van der Waals surface area contributed by atoms with Gasteiger partial charge in [0, 0.05) is 11.6 Å². The molecule has 0 radical (unpaired) electrons. The summed E-state index contributed by atoms with van der Waals surface area (Å²) in [6.45, 7) is 6.43. The zero-order chi connectivity index (χ0) is 13.2. The maximum Gasteiger partial charge on any atom is 0.341 e. The average Bonchev–Trinajstić information content (AvgIpc) is 3.09. The Morgan fingerprint density at radius 2 is 2.17 bits per heavy atom. The number of ether oxygens (including phenoxy) is 1. The van der Waals surface area contributed by atoms with E-state index in [1.54, 1.807) is 13.1 Å². The lowest BCUT2D eigenvalue weighted by molar-refractivity contribution is 0.0523. The third kappa shape index (κ3) is 2.52. The third-order valence-corrected chi connectivity index (χ3v) is 3.39. The van der Waals surface area contributed by atoms with Crippen molar-refractivity contribution < 1.29 is 9.53 Å². The summed E-state index contributed by atoms with van der Waals surface area (Å²) in [7, 11) is 0. The first-order valence-electron chi connectivity index (χ1n) is 6.64. The first kappa shape index (κ1) is 13.0. The average molecular weight is 248 g/mol. The molecule has 0 aliphatic heterocycles. The molecule has 0 unspecified atom stereocenters. The Labute approximate surface area is 108 Å². The second-order valence-electron chi connectivity index (χ2n) is 5.09. The molecule has 98 valence electrons. The Hall–Kier alpha value is -1.45. The second-order valence-corrected chi connectivity index (χ2v) is 5.09. The van der Waals surface area contributed by atoms with Crippen LogP contribution in [0.2, 0.25) is 0 Å². The molecular formula is C14H20N2O2. The molecule has 0 atom stereocenters. The number of nitrogens with zero attached hydrogens (tertiary/aromatic N) is 2. The number of rotatable bonds is 5. The summed E-state index contributed by atoms with van der Waals surface area (Å²) >= 11 is 0. The van der Waals surface area contributed by atoms with E-state index in [0.29, 0.717) is 12.2 Å². The lowest BCUT2D eigenvalue weighted by atomic mass is 10.1. The Balaban J connectivity index is 2.31. The number of hydrogen-bond acceptors (Lipinski definition) is 4. The summed E-state index contributed by atoms with van der Waals surface area (Å²) in [5.41, 5.74) is 1.48. The van der Waals surface area contributed by atoms with Crippen molar-refractivity contribution in [2.75, 3.05) is 6.61 Å². The van der Waals surface area contributed by atoms with E-state index in [1.165, 1.54) is 0 Å². The molecule has 1 saturated carbocycles. The molecule has 0 spiro atoms. The first-order chi connectivity index (χ1) is 8.60. The molecule has 4 nitrogen and oxygen atoms in total. The molecule has 1 fully saturated rings. The first-order valence-corrected chi connectivity index (χ1v) is 6.64. The predicted octanol–water partition coefficient (Wildman–Crippen LogP) is 2.66. The molecule has 1 aliphatic carbocycles. The van der Waals surface area contributed by atoms with E-state index >= 15 is 0 Å². The van der Waals surface area contributed by atoms with E-state index in [4.69, 9.17) is 4.74 Å². The van der Waals surface area contributed by atoms with E-state index in [2.05, 4.69) is 23.8 Å². The molecular weight excluding hydrogens is 228 g/mol. The molecule has 4 heteroatoms. The number of aryl methyl sites for hydroxylation is 1. The minimum absolute atomic E-state index is 0.135. The molecule has 0 saturated heterocycles. The van der Waals surface area contributed by atoms with Gasteiger partial charge >= 0.3 is 5.97 Å². The standard InChI is InChI=1S/C14H20N2O2/c1-4-6-11-10(12(17)18-5-2)9-15-13(16-11)14(3)7-8-14/h9H,4-8H2,1-3H3. The SMILES string of the molecule is CCCc1nc(C2(C)CC2)ncc1C(=O)OCC. The van der Waals surface area contributed by atoms with Crippen LogP contribution in [0.25, 0.3) is 0 Å². The fourth-order valence-electron chi connectivity index (χ4n) is 1.93. The normalized spacial score (nSPS) is 16.4. The van der Waals surface area contributed by atoms with Gasteiger partial charge in [-0.1, -0.05) is 20.3 Å². The van der Waals surface area contributed by atoms with Crippen LogP contribution in [0, 0.1) is 0 Å². The summed E-state index contributed by atoms with van der Waals surface area (Å²) in [5.74, 6) is 0.562. The van der Waals surface area contributed by atoms with Crippen LogP contribution in [-0.2, 0) is 16.6 Å². The van der Waals surface area contributed by atoms with E-state index in [1.807, 2.05) is 0 Å². The number of aromatic nitrogens is 2. The van der Waals surface area contributed by atoms with Crippen LogP contribution in [0.15, 0.2) is 6.20 Å². The van der Waals surface area contributed by atoms with Gasteiger partial charge in [-0.3, -0.25) is 0 Å². The highest BCUT2D eigenvalue weighted by Gasteiger charge is 2.42. The molecule has 1 heterocycles. The van der Waals surface area contributed by atoms with Crippen LogP contribution in [0.3, 0.4) is 0 Å². The Morgan fingerprint density at radius 1 is 1.44 bits per heavy atom. The maximum absolute atomic E-state index is 11.8. The number of esters is 1. The van der Waals surface area contributed by atoms with Crippen molar-refractivity contribution in [3.8, 4) is 0 Å². The molecule has 1 aromatic rings. The minimum atomic E-state index is -0.312. The van der Waals surface area contributed by atoms with Crippen LogP contribution in [0.1, 0.15) is 61.9 Å². The van der Waals surface area contributed by atoms with Crippen LogP contribution in [-0.4, -0.2) is 22.5 Å². The molecule has 1 aromatic heterocycles. The summed E-state index contributed by atoms with van der Waals surface area (Å²) in [6.07, 6.45) is 5.66. The molecule has 0 N–H and O–H groups in total. The third-order valence-electron chi connectivity index (χ3n) is 3.39. The smallest absolute Gasteiger partial charge is 0.341 e. The fourth-order valence-corrected chi connectivity index (χ4v) is 1.93. The number of carbonyl (C=O) groups excluding carboxylic acids is 1. The van der Waals surface area contributed by atoms with Gasteiger partial charge in [0.25, 0.3) is 0 Å². The highest BCUT2D eigenvalue weighted by Crippen LogP contribution is 2.45. The van der Waals surface area contributed by atoms with E-state index in [9.17, 15) is 4.79 Å². The van der Waals surface area contributed by atoms with Gasteiger partial charge in [0.1, 0.15) is 5.82 Å². The van der Waals surface area contributed by atoms with Crippen LogP contribution >= 0.6 is 0 Å². The Morgan fingerprint density at radius 3 is 2.72 bits per heavy atom. The van der Waals surface area contributed by atoms with Gasteiger partial charge in [0.15, 0.2) is 0 Å². The number of hydrogen-bond donors (Lipinski definition) is 0. The van der Waals surface area contributed by atoms with Crippen molar-refractivity contribution in [1.29, 1.82) is 0 Å². The van der Waals surface area contributed by atoms with Gasteiger partial charge in [-0.15, -0.1) is 0 Å². The van der Waals surface area contributed by atoms with Gasteiger partial charge in [-0.25, -0.2) is 14.8 Å². The topological polar surface area (TPSA) is 52.1 Å². The quantitative estimate of drug-likeness (QED) is 0.752. The van der Waals surface area contributed by atoms with Gasteiger partial charge in [0.05, 0.1) is 17.9 Å². The summed E-state index contributed by atoms with van der Waals surface area (Å²) in [4.78, 5) is 20.7. The largest absolute Gasteiger partial charge is 0.462 e. The lowest BCUT2D eigenvalue weighted by Gasteiger charge is -2.11. The van der Waals surface area contributed by atoms with Crippen molar-refractivity contribution >= 4 is 5.97 Å². The zero-order valence-corrected chi connectivity index (χ0v) is 11.3. The van der Waals surface area contributed by atoms with Crippen LogP contribution in [0.4, 0.5) is 0 Å². The minimum Gasteiger partial charge on any atom is -0.462 e. The highest BCUT2D eigenvalue weighted by molar-refractivity contribution is 5.90. The van der Waals surface area contributed by atoms with Crippen molar-refractivity contribution in [3.63, 3.8) is 0 Å². The van der Waals surface area contributed by atoms with Crippen molar-refractivity contribution in [3.05, 3.63) is 23.3 Å². The predicted molar refractivity (Wildman–Crippen MR) is 68.6 cm³/mol. The van der Waals surface area contributed by atoms with E-state index in [-0.39, 0.29) is 11.4 Å². The Bertz CT molecular complexity index is 453. The van der Waals surface area contributed by atoms with Crippen molar-refractivity contribution in [2.24, 2.45) is 0 Å². The van der Waals surface area contributed by atoms with Crippen molar-refractivity contribution in [2.45, 2.75) is 51.9 Å². The van der Waals surface area contributed by atoms with Crippen LogP contribution in [0.5, 0.6) is 0 Å². The van der Waals surface area contributed by atoms with Gasteiger partial charge in [-0.05, 0) is 26.2 Å². The second kappa shape index (κ2) is 5.04. The lowest BCUT2D eigenvalue weighted by Crippen LogP contribution is -2.15. The van der Waals surface area contributed by atoms with Gasteiger partial charge < -0.3 is 4.74 Å². The van der Waals surface area contributed by atoms with E-state index < -0.39 is 0 Å². The van der Waals surface area contributed by atoms with E-state index in [0.717, 1.165) is 37.2 Å². The van der Waals surface area contributed by atoms with Gasteiger partial charge in [0.2, 0.25) is 0 Å². The summed E-state index contributed by atoms with van der Waals surface area (Å²) in [6, 6.07) is 0. The fraction of sp³-hybridized carbons (Fsp3) is 0.643. The highest BCUT2D eigenvalue weighted by atomic mass is 16.5.